The predicted molar refractivity (Wildman–Crippen MR) is 113 cm³/mol. The summed E-state index contributed by atoms with van der Waals surface area (Å²) in [5, 5.41) is 12.6. The summed E-state index contributed by atoms with van der Waals surface area (Å²) in [4.78, 5) is 25.2. The molecule has 1 aliphatic heterocycles. The van der Waals surface area contributed by atoms with E-state index in [4.69, 9.17) is 11.2 Å². The van der Waals surface area contributed by atoms with E-state index in [1.165, 1.54) is 18.2 Å². The fraction of sp³-hybridized carbons (Fsp3) is 0.130. The number of carbonyl (C=O) groups excluding carboxylic acids is 1. The molecule has 1 aliphatic rings. The molecule has 1 aromatic heterocycles. The highest BCUT2D eigenvalue weighted by molar-refractivity contribution is 7.15. The molecule has 0 aliphatic carbocycles. The van der Waals surface area contributed by atoms with E-state index in [9.17, 15) is 19.1 Å². The van der Waals surface area contributed by atoms with Crippen molar-refractivity contribution in [1.29, 1.82) is 0 Å². The van der Waals surface area contributed by atoms with E-state index in [1.807, 2.05) is 6.07 Å². The molecule has 0 saturated carbocycles. The molecule has 30 heavy (non-hydrogen) atoms. The Morgan fingerprint density at radius 3 is 2.83 bits per heavy atom. The third-order valence-corrected chi connectivity index (χ3v) is 6.09. The third-order valence-electron chi connectivity index (χ3n) is 4.80. The van der Waals surface area contributed by atoms with Gasteiger partial charge in [0.05, 0.1) is 5.69 Å². The van der Waals surface area contributed by atoms with Gasteiger partial charge >= 0.3 is 5.97 Å². The van der Waals surface area contributed by atoms with Crippen LogP contribution in [0.5, 0.6) is 5.75 Å². The first kappa shape index (κ1) is 19.7. The van der Waals surface area contributed by atoms with Crippen LogP contribution in [0.25, 0.3) is 11.1 Å². The maximum atomic E-state index is 13.8. The molecule has 5 nitrogen and oxygen atoms in total. The summed E-state index contributed by atoms with van der Waals surface area (Å²) >= 11 is 1.09. The minimum atomic E-state index is -1.13. The first-order valence-electron chi connectivity index (χ1n) is 9.10. The molecule has 0 spiro atoms. The number of carboxylic acid groups (broad SMARTS) is 1. The van der Waals surface area contributed by atoms with Gasteiger partial charge < -0.3 is 15.2 Å². The number of ether oxygens (including phenoxy) is 1. The van der Waals surface area contributed by atoms with Crippen LogP contribution in [0.4, 0.5) is 10.1 Å². The fourth-order valence-electron chi connectivity index (χ4n) is 3.57. The van der Waals surface area contributed by atoms with Crippen LogP contribution in [0.3, 0.4) is 0 Å². The summed E-state index contributed by atoms with van der Waals surface area (Å²) < 4.78 is 19.3. The van der Waals surface area contributed by atoms with E-state index in [-0.39, 0.29) is 29.7 Å². The van der Waals surface area contributed by atoms with Crippen LogP contribution in [0.15, 0.2) is 48.5 Å². The molecule has 1 amide bonds. The Bertz CT molecular complexity index is 1190. The Hall–Kier alpha value is -3.63. The molecule has 150 valence electrons. The lowest BCUT2D eigenvalue weighted by molar-refractivity contribution is -0.116. The number of benzene rings is 2. The standard InChI is InChI=1S/C23H16FNO4S/c1-2-9-29-16-8-4-5-13(11-16)17-12-18(26)25-20-19(14-6-3-7-15(24)10-14)22(23(27)28)30-21(17)20/h1,3-8,10-11,17H,9,12H2,(H,25,26)(H,27,28)/t17-/m1/s1. The second kappa shape index (κ2) is 8.01. The van der Waals surface area contributed by atoms with Crippen molar-refractivity contribution in [2.45, 2.75) is 12.3 Å². The topological polar surface area (TPSA) is 75.6 Å². The smallest absolute Gasteiger partial charge is 0.346 e. The number of amides is 1. The SMILES string of the molecule is C#CCOc1cccc([C@H]2CC(=O)Nc3c2sc(C(=O)O)c3-c2cccc(F)c2)c1. The molecule has 3 aromatic rings. The van der Waals surface area contributed by atoms with Crippen molar-refractivity contribution in [2.24, 2.45) is 0 Å². The monoisotopic (exact) mass is 421 g/mol. The molecule has 2 aromatic carbocycles. The van der Waals surface area contributed by atoms with Crippen molar-refractivity contribution in [3.05, 3.63) is 69.7 Å². The summed E-state index contributed by atoms with van der Waals surface area (Å²) in [7, 11) is 0. The summed E-state index contributed by atoms with van der Waals surface area (Å²) in [5.41, 5.74) is 1.94. The van der Waals surface area contributed by atoms with Crippen LogP contribution in [-0.2, 0) is 4.79 Å². The normalized spacial score (nSPS) is 15.1. The first-order chi connectivity index (χ1) is 14.5. The zero-order valence-corrected chi connectivity index (χ0v) is 16.5. The van der Waals surface area contributed by atoms with Gasteiger partial charge in [0.2, 0.25) is 5.91 Å². The van der Waals surface area contributed by atoms with Crippen LogP contribution in [0.2, 0.25) is 0 Å². The van der Waals surface area contributed by atoms with Gasteiger partial charge in [-0.1, -0.05) is 30.2 Å². The Balaban J connectivity index is 1.87. The zero-order chi connectivity index (χ0) is 21.3. The van der Waals surface area contributed by atoms with Gasteiger partial charge in [-0.15, -0.1) is 17.8 Å². The van der Waals surface area contributed by atoms with Gasteiger partial charge in [0.1, 0.15) is 23.1 Å². The van der Waals surface area contributed by atoms with Crippen molar-refractivity contribution in [1.82, 2.24) is 0 Å². The number of nitrogens with one attached hydrogen (secondary N) is 1. The van der Waals surface area contributed by atoms with E-state index in [1.54, 1.807) is 24.3 Å². The molecule has 0 unspecified atom stereocenters. The molecular formula is C23H16FNO4S. The molecule has 0 saturated heterocycles. The van der Waals surface area contributed by atoms with E-state index in [0.29, 0.717) is 27.4 Å². The summed E-state index contributed by atoms with van der Waals surface area (Å²) in [6.07, 6.45) is 5.40. The van der Waals surface area contributed by atoms with Crippen LogP contribution in [0.1, 0.15) is 32.5 Å². The lowest BCUT2D eigenvalue weighted by Crippen LogP contribution is -2.22. The molecule has 0 fully saturated rings. The Morgan fingerprint density at radius 2 is 2.10 bits per heavy atom. The number of halogens is 1. The molecule has 0 radical (unpaired) electrons. The minimum absolute atomic E-state index is 0.0533. The van der Waals surface area contributed by atoms with Gasteiger partial charge in [-0.3, -0.25) is 4.79 Å². The Labute approximate surface area is 176 Å². The zero-order valence-electron chi connectivity index (χ0n) is 15.6. The molecule has 2 N–H and O–H groups in total. The van der Waals surface area contributed by atoms with E-state index in [2.05, 4.69) is 11.2 Å². The maximum Gasteiger partial charge on any atom is 0.346 e. The van der Waals surface area contributed by atoms with Gasteiger partial charge in [-0.05, 0) is 35.4 Å². The number of carbonyl (C=O) groups is 2. The van der Waals surface area contributed by atoms with E-state index >= 15 is 0 Å². The number of hydrogen-bond donors (Lipinski definition) is 2. The van der Waals surface area contributed by atoms with Crippen molar-refractivity contribution in [3.63, 3.8) is 0 Å². The van der Waals surface area contributed by atoms with E-state index in [0.717, 1.165) is 16.9 Å². The van der Waals surface area contributed by atoms with Crippen molar-refractivity contribution in [3.8, 4) is 29.2 Å². The average Bonchev–Trinajstić information content (AvgIpc) is 3.11. The lowest BCUT2D eigenvalue weighted by Gasteiger charge is -2.24. The van der Waals surface area contributed by atoms with Gasteiger partial charge in [-0.2, -0.15) is 0 Å². The summed E-state index contributed by atoms with van der Waals surface area (Å²) in [6, 6.07) is 12.9. The van der Waals surface area contributed by atoms with Crippen LogP contribution < -0.4 is 10.1 Å². The third kappa shape index (κ3) is 3.65. The fourth-order valence-corrected chi connectivity index (χ4v) is 4.82. The largest absolute Gasteiger partial charge is 0.481 e. The van der Waals surface area contributed by atoms with Gasteiger partial charge in [0.25, 0.3) is 0 Å². The number of rotatable bonds is 5. The second-order valence-corrected chi connectivity index (χ2v) is 7.78. The quantitative estimate of drug-likeness (QED) is 0.584. The van der Waals surface area contributed by atoms with Crippen molar-refractivity contribution < 1.29 is 23.8 Å². The highest BCUT2D eigenvalue weighted by Gasteiger charge is 2.34. The predicted octanol–water partition coefficient (Wildman–Crippen LogP) is 4.74. The number of thiophene rings is 1. The van der Waals surface area contributed by atoms with E-state index < -0.39 is 11.8 Å². The van der Waals surface area contributed by atoms with Crippen molar-refractivity contribution in [2.75, 3.05) is 11.9 Å². The van der Waals surface area contributed by atoms with Crippen LogP contribution in [0, 0.1) is 18.2 Å². The molecule has 0 bridgehead atoms. The van der Waals surface area contributed by atoms with Gasteiger partial charge in [0, 0.05) is 22.8 Å². The first-order valence-corrected chi connectivity index (χ1v) is 9.91. The van der Waals surface area contributed by atoms with Crippen LogP contribution in [-0.4, -0.2) is 23.6 Å². The maximum absolute atomic E-state index is 13.8. The van der Waals surface area contributed by atoms with Gasteiger partial charge in [0.15, 0.2) is 0 Å². The minimum Gasteiger partial charge on any atom is -0.481 e. The number of anilines is 1. The highest BCUT2D eigenvalue weighted by Crippen LogP contribution is 2.49. The Morgan fingerprint density at radius 1 is 1.30 bits per heavy atom. The van der Waals surface area contributed by atoms with Crippen LogP contribution >= 0.6 is 11.3 Å². The van der Waals surface area contributed by atoms with Gasteiger partial charge in [-0.25, -0.2) is 9.18 Å². The molecule has 2 heterocycles. The number of terminal acetylenes is 1. The molecular weight excluding hydrogens is 405 g/mol. The molecule has 1 atom stereocenters. The highest BCUT2D eigenvalue weighted by atomic mass is 32.1. The molecule has 7 heteroatoms. The number of hydrogen-bond acceptors (Lipinski definition) is 4. The number of aromatic carboxylic acids is 1. The average molecular weight is 421 g/mol. The van der Waals surface area contributed by atoms with Crippen molar-refractivity contribution >= 4 is 28.9 Å². The number of carboxylic acids is 1. The second-order valence-electron chi connectivity index (χ2n) is 6.73. The summed E-state index contributed by atoms with van der Waals surface area (Å²) in [6.45, 7) is 0.117. The molecule has 4 rings (SSSR count). The lowest BCUT2D eigenvalue weighted by atomic mass is 9.88. The Kier molecular flexibility index (Phi) is 5.25. The number of fused-ring (bicyclic) bond motifs is 1. The summed E-state index contributed by atoms with van der Waals surface area (Å²) in [5.74, 6) is 0.760.